The first kappa shape index (κ1) is 20.8. The fourth-order valence-electron chi connectivity index (χ4n) is 4.54. The van der Waals surface area contributed by atoms with Crippen LogP contribution >= 0.6 is 11.6 Å². The summed E-state index contributed by atoms with van der Waals surface area (Å²) in [4.78, 5) is 16.6. The van der Waals surface area contributed by atoms with Crippen LogP contribution in [-0.2, 0) is 16.1 Å². The van der Waals surface area contributed by atoms with Gasteiger partial charge in [0.1, 0.15) is 5.82 Å². The molecule has 0 amide bonds. The van der Waals surface area contributed by atoms with Crippen molar-refractivity contribution in [1.29, 1.82) is 0 Å². The first-order chi connectivity index (χ1) is 15.6. The molecule has 4 aromatic rings. The van der Waals surface area contributed by atoms with E-state index in [-0.39, 0.29) is 17.2 Å². The number of carbonyl (C=O) groups is 1. The van der Waals surface area contributed by atoms with E-state index in [4.69, 9.17) is 21.1 Å². The average Bonchev–Trinajstić information content (AvgIpc) is 3.45. The van der Waals surface area contributed by atoms with Crippen LogP contribution in [0.4, 0.5) is 0 Å². The largest absolute Gasteiger partial charge is 0.465 e. The summed E-state index contributed by atoms with van der Waals surface area (Å²) in [5.41, 5.74) is 4.30. The van der Waals surface area contributed by atoms with Crippen molar-refractivity contribution in [2.75, 3.05) is 7.11 Å². The normalized spacial score (nSPS) is 18.5. The van der Waals surface area contributed by atoms with Gasteiger partial charge in [0, 0.05) is 5.92 Å². The Kier molecular flexibility index (Phi) is 5.53. The van der Waals surface area contributed by atoms with Crippen LogP contribution < -0.4 is 0 Å². The van der Waals surface area contributed by atoms with Crippen molar-refractivity contribution in [1.82, 2.24) is 19.6 Å². The fourth-order valence-corrected chi connectivity index (χ4v) is 4.75. The lowest BCUT2D eigenvalue weighted by atomic mass is 10.0. The van der Waals surface area contributed by atoms with E-state index in [9.17, 15) is 4.79 Å². The highest BCUT2D eigenvalue weighted by Gasteiger charge is 2.34. The molecule has 2 atom stereocenters. The number of aromatic nitrogens is 4. The number of aryl methyl sites for hydroxylation is 1. The highest BCUT2D eigenvalue weighted by Crippen LogP contribution is 2.38. The molecule has 1 aliphatic carbocycles. The number of ether oxygens (including phenoxy) is 2. The van der Waals surface area contributed by atoms with Crippen LogP contribution in [0.1, 0.15) is 52.5 Å². The molecule has 2 heterocycles. The number of halogens is 1. The van der Waals surface area contributed by atoms with Crippen molar-refractivity contribution in [2.24, 2.45) is 0 Å². The summed E-state index contributed by atoms with van der Waals surface area (Å²) >= 11 is 6.46. The van der Waals surface area contributed by atoms with Gasteiger partial charge >= 0.3 is 5.97 Å². The van der Waals surface area contributed by atoms with E-state index < -0.39 is 5.97 Å². The molecule has 5 rings (SSSR count). The minimum atomic E-state index is -0.406. The molecule has 1 saturated carbocycles. The number of hydrogen-bond acceptors (Lipinski definition) is 6. The van der Waals surface area contributed by atoms with Crippen LogP contribution in [0.2, 0.25) is 5.15 Å². The molecule has 0 bridgehead atoms. The van der Waals surface area contributed by atoms with Crippen molar-refractivity contribution in [3.05, 3.63) is 70.1 Å². The van der Waals surface area contributed by atoms with E-state index in [0.29, 0.717) is 23.3 Å². The summed E-state index contributed by atoms with van der Waals surface area (Å²) in [5, 5.41) is 9.10. The molecule has 7 nitrogen and oxygen atoms in total. The average molecular weight is 451 g/mol. The highest BCUT2D eigenvalue weighted by molar-refractivity contribution is 6.32. The number of benzene rings is 2. The zero-order valence-corrected chi connectivity index (χ0v) is 18.7. The van der Waals surface area contributed by atoms with Gasteiger partial charge in [-0.3, -0.25) is 4.40 Å². The number of methoxy groups -OCH3 is 1. The Morgan fingerprint density at radius 1 is 1.19 bits per heavy atom. The molecule has 0 unspecified atom stereocenters. The summed E-state index contributed by atoms with van der Waals surface area (Å²) in [6.45, 7) is 2.43. The van der Waals surface area contributed by atoms with Crippen LogP contribution in [0, 0.1) is 6.92 Å². The number of nitrogens with zero attached hydrogens (tertiary/aromatic N) is 4. The Morgan fingerprint density at radius 3 is 2.78 bits per heavy atom. The SMILES string of the molecule is COC(=O)c1cc2nc(Cl)c3nnc([C@@H]4CCC[C@@H]4OCc4ccccc4)n3c2cc1C. The van der Waals surface area contributed by atoms with Crippen molar-refractivity contribution in [3.8, 4) is 0 Å². The third-order valence-electron chi connectivity index (χ3n) is 6.15. The number of rotatable bonds is 5. The molecular weight excluding hydrogens is 428 g/mol. The molecule has 0 aliphatic heterocycles. The van der Waals surface area contributed by atoms with Gasteiger partial charge in [0.15, 0.2) is 10.8 Å². The number of hydrogen-bond donors (Lipinski definition) is 0. The summed E-state index contributed by atoms with van der Waals surface area (Å²) in [5.74, 6) is 0.502. The highest BCUT2D eigenvalue weighted by atomic mass is 35.5. The summed E-state index contributed by atoms with van der Waals surface area (Å²) in [6, 6.07) is 13.8. The molecule has 1 fully saturated rings. The lowest BCUT2D eigenvalue weighted by Crippen LogP contribution is -2.19. The maximum absolute atomic E-state index is 12.2. The zero-order valence-electron chi connectivity index (χ0n) is 17.9. The van der Waals surface area contributed by atoms with Crippen LogP contribution in [0.5, 0.6) is 0 Å². The van der Waals surface area contributed by atoms with Gasteiger partial charge in [0.25, 0.3) is 0 Å². The Hall–Kier alpha value is -3.03. The minimum absolute atomic E-state index is 0.0417. The molecule has 2 aromatic heterocycles. The van der Waals surface area contributed by atoms with Crippen LogP contribution in [0.25, 0.3) is 16.7 Å². The van der Waals surface area contributed by atoms with Gasteiger partial charge in [0.05, 0.1) is 36.4 Å². The van der Waals surface area contributed by atoms with E-state index in [1.54, 1.807) is 6.07 Å². The van der Waals surface area contributed by atoms with Crippen LogP contribution in [0.3, 0.4) is 0 Å². The second-order valence-corrected chi connectivity index (χ2v) is 8.50. The molecule has 1 aliphatic rings. The minimum Gasteiger partial charge on any atom is -0.465 e. The summed E-state index contributed by atoms with van der Waals surface area (Å²) in [6.07, 6.45) is 3.02. The van der Waals surface area contributed by atoms with Crippen molar-refractivity contribution < 1.29 is 14.3 Å². The molecule has 0 spiro atoms. The van der Waals surface area contributed by atoms with Crippen molar-refractivity contribution in [3.63, 3.8) is 0 Å². The molecular formula is C24H23ClN4O3. The third kappa shape index (κ3) is 3.61. The van der Waals surface area contributed by atoms with Crippen LogP contribution in [0.15, 0.2) is 42.5 Å². The van der Waals surface area contributed by atoms with Crippen molar-refractivity contribution in [2.45, 2.75) is 44.8 Å². The predicted octanol–water partition coefficient (Wildman–Crippen LogP) is 4.88. The number of fused-ring (bicyclic) bond motifs is 3. The quantitative estimate of drug-likeness (QED) is 0.403. The first-order valence-corrected chi connectivity index (χ1v) is 11.0. The van der Waals surface area contributed by atoms with Crippen LogP contribution in [-0.4, -0.2) is 38.8 Å². The Labute approximate surface area is 190 Å². The second-order valence-electron chi connectivity index (χ2n) is 8.14. The third-order valence-corrected chi connectivity index (χ3v) is 6.40. The molecule has 0 saturated heterocycles. The van der Waals surface area contributed by atoms with Gasteiger partial charge in [-0.25, -0.2) is 9.78 Å². The monoisotopic (exact) mass is 450 g/mol. The summed E-state index contributed by atoms with van der Waals surface area (Å²) < 4.78 is 13.2. The Balaban J connectivity index is 1.57. The van der Waals surface area contributed by atoms with E-state index in [1.807, 2.05) is 35.6 Å². The number of carbonyl (C=O) groups excluding carboxylic acids is 1. The molecule has 0 N–H and O–H groups in total. The molecule has 0 radical (unpaired) electrons. The maximum atomic E-state index is 12.2. The Bertz CT molecular complexity index is 1310. The zero-order chi connectivity index (χ0) is 22.2. The van der Waals surface area contributed by atoms with Gasteiger partial charge in [-0.1, -0.05) is 48.4 Å². The van der Waals surface area contributed by atoms with Gasteiger partial charge in [0.2, 0.25) is 0 Å². The predicted molar refractivity (Wildman–Crippen MR) is 121 cm³/mol. The molecule has 8 heteroatoms. The van der Waals surface area contributed by atoms with E-state index in [0.717, 1.165) is 41.7 Å². The van der Waals surface area contributed by atoms with E-state index in [1.165, 1.54) is 7.11 Å². The molecule has 32 heavy (non-hydrogen) atoms. The second kappa shape index (κ2) is 8.48. The topological polar surface area (TPSA) is 78.6 Å². The standard InChI is InChI=1S/C24H23ClN4O3/c1-14-11-19-18(12-17(14)24(30)31-2)26-21(25)23-28-27-22(29(19)23)16-9-6-10-20(16)32-13-15-7-4-3-5-8-15/h3-5,7-8,11-12,16,20H,6,9-10,13H2,1-2H3/t16-,20+/m1/s1. The Morgan fingerprint density at radius 2 is 2.00 bits per heavy atom. The molecule has 164 valence electrons. The van der Waals surface area contributed by atoms with Crippen molar-refractivity contribution >= 4 is 34.3 Å². The first-order valence-electron chi connectivity index (χ1n) is 10.7. The van der Waals surface area contributed by atoms with Gasteiger partial charge in [-0.2, -0.15) is 0 Å². The van der Waals surface area contributed by atoms with E-state index >= 15 is 0 Å². The lowest BCUT2D eigenvalue weighted by molar-refractivity contribution is 0.0326. The van der Waals surface area contributed by atoms with E-state index in [2.05, 4.69) is 27.3 Å². The smallest absolute Gasteiger partial charge is 0.338 e. The summed E-state index contributed by atoms with van der Waals surface area (Å²) in [7, 11) is 1.36. The van der Waals surface area contributed by atoms with Gasteiger partial charge in [-0.05, 0) is 43.0 Å². The fraction of sp³-hybridized carbons (Fsp3) is 0.333. The van der Waals surface area contributed by atoms with Gasteiger partial charge in [-0.15, -0.1) is 10.2 Å². The maximum Gasteiger partial charge on any atom is 0.338 e. The van der Waals surface area contributed by atoms with Gasteiger partial charge < -0.3 is 9.47 Å². The molecule has 2 aromatic carbocycles. The lowest BCUT2D eigenvalue weighted by Gasteiger charge is -2.20. The number of esters is 1.